The molecule has 0 spiro atoms. The maximum absolute atomic E-state index is 12.8. The van der Waals surface area contributed by atoms with Crippen LogP contribution in [0.5, 0.6) is 0 Å². The van der Waals surface area contributed by atoms with Crippen molar-refractivity contribution >= 4 is 22.8 Å². The largest absolute Gasteiger partial charge is 0.417 e. The van der Waals surface area contributed by atoms with Gasteiger partial charge >= 0.3 is 6.18 Å². The third-order valence-corrected chi connectivity index (χ3v) is 3.59. The molecule has 0 unspecified atom stereocenters. The molecule has 0 saturated heterocycles. The van der Waals surface area contributed by atoms with Crippen LogP contribution < -0.4 is 5.32 Å². The van der Waals surface area contributed by atoms with E-state index in [2.05, 4.69) is 10.3 Å². The van der Waals surface area contributed by atoms with Crippen molar-refractivity contribution < 1.29 is 18.0 Å². The van der Waals surface area contributed by atoms with Crippen molar-refractivity contribution in [1.29, 1.82) is 0 Å². The molecule has 105 valence electrons. The van der Waals surface area contributed by atoms with Crippen molar-refractivity contribution in [2.75, 3.05) is 0 Å². The highest BCUT2D eigenvalue weighted by Gasteiger charge is 2.35. The Kier molecular flexibility index (Phi) is 4.17. The third kappa shape index (κ3) is 3.22. The number of hydrogen-bond donors (Lipinski definition) is 0. The number of amidine groups is 1. The summed E-state index contributed by atoms with van der Waals surface area (Å²) in [7, 11) is 0. The fourth-order valence-electron chi connectivity index (χ4n) is 1.58. The van der Waals surface area contributed by atoms with Crippen LogP contribution in [0.15, 0.2) is 40.4 Å². The van der Waals surface area contributed by atoms with Crippen molar-refractivity contribution in [1.82, 2.24) is 5.32 Å². The lowest BCUT2D eigenvalue weighted by Gasteiger charge is -2.09. The highest BCUT2D eigenvalue weighted by molar-refractivity contribution is 8.17. The van der Waals surface area contributed by atoms with Crippen molar-refractivity contribution in [3.63, 3.8) is 0 Å². The fourth-order valence-corrected chi connectivity index (χ4v) is 2.29. The molecule has 1 radical (unpaired) electrons. The van der Waals surface area contributed by atoms with E-state index < -0.39 is 23.2 Å². The van der Waals surface area contributed by atoms with E-state index in [9.17, 15) is 18.0 Å². The van der Waals surface area contributed by atoms with Gasteiger partial charge in [-0.3, -0.25) is 4.79 Å². The molecule has 1 aromatic rings. The van der Waals surface area contributed by atoms with Crippen LogP contribution >= 0.6 is 11.8 Å². The minimum Gasteiger partial charge on any atom is -0.267 e. The van der Waals surface area contributed by atoms with E-state index in [4.69, 9.17) is 0 Å². The van der Waals surface area contributed by atoms with Crippen molar-refractivity contribution in [2.24, 2.45) is 4.99 Å². The second-order valence-electron chi connectivity index (χ2n) is 3.92. The maximum atomic E-state index is 12.8. The molecule has 0 N–H and O–H groups in total. The van der Waals surface area contributed by atoms with Crippen LogP contribution in [0.3, 0.4) is 0 Å². The standard InChI is InChI=1S/C13H10F3N2OS/c1-2-8-7-17-12(20-8)18-11(19)9-5-3-4-6-10(9)13(14,15)16/h3-7H,2H2,1H3. The third-order valence-electron chi connectivity index (χ3n) is 2.55. The molecule has 1 aliphatic rings. The van der Waals surface area contributed by atoms with Crippen LogP contribution in [0.2, 0.25) is 0 Å². The van der Waals surface area contributed by atoms with Crippen molar-refractivity contribution in [2.45, 2.75) is 19.5 Å². The topological polar surface area (TPSA) is 43.5 Å². The van der Waals surface area contributed by atoms with Crippen LogP contribution in [-0.4, -0.2) is 11.1 Å². The summed E-state index contributed by atoms with van der Waals surface area (Å²) in [6.45, 7) is 1.91. The molecule has 1 heterocycles. The number of rotatable bonds is 2. The van der Waals surface area contributed by atoms with Gasteiger partial charge in [-0.15, -0.1) is 0 Å². The normalized spacial score (nSPS) is 17.0. The lowest BCUT2D eigenvalue weighted by Crippen LogP contribution is -2.13. The molecular formula is C13H10F3N2OS. The molecule has 0 aliphatic carbocycles. The van der Waals surface area contributed by atoms with E-state index in [0.29, 0.717) is 0 Å². The zero-order valence-electron chi connectivity index (χ0n) is 10.4. The maximum Gasteiger partial charge on any atom is 0.417 e. The van der Waals surface area contributed by atoms with Crippen LogP contribution in [0.1, 0.15) is 29.3 Å². The molecule has 0 aromatic heterocycles. The molecule has 1 aromatic carbocycles. The van der Waals surface area contributed by atoms with Gasteiger partial charge in [0.05, 0.1) is 11.1 Å². The Hall–Kier alpha value is -1.76. The van der Waals surface area contributed by atoms with Gasteiger partial charge in [0.1, 0.15) is 0 Å². The van der Waals surface area contributed by atoms with E-state index in [1.54, 1.807) is 6.20 Å². The molecule has 1 aliphatic heterocycles. The van der Waals surface area contributed by atoms with Crippen LogP contribution in [-0.2, 0) is 6.18 Å². The number of carbonyl (C=O) groups is 1. The van der Waals surface area contributed by atoms with Crippen LogP contribution in [0, 0.1) is 0 Å². The molecule has 0 saturated carbocycles. The Morgan fingerprint density at radius 1 is 1.35 bits per heavy atom. The Morgan fingerprint density at radius 3 is 2.65 bits per heavy atom. The molecule has 0 fully saturated rings. The Balaban J connectivity index is 2.26. The predicted molar refractivity (Wildman–Crippen MR) is 71.3 cm³/mol. The SMILES string of the molecule is CCC1=C[N]C(=NC(=O)c2ccccc2C(F)(F)F)S1. The Bertz CT molecular complexity index is 594. The van der Waals surface area contributed by atoms with E-state index in [0.717, 1.165) is 23.5 Å². The van der Waals surface area contributed by atoms with E-state index >= 15 is 0 Å². The lowest BCUT2D eigenvalue weighted by molar-refractivity contribution is -0.137. The van der Waals surface area contributed by atoms with Gasteiger partial charge in [-0.2, -0.15) is 18.2 Å². The molecule has 3 nitrogen and oxygen atoms in total. The van der Waals surface area contributed by atoms with Crippen LogP contribution in [0.4, 0.5) is 13.2 Å². The number of thioether (sulfide) groups is 1. The zero-order valence-corrected chi connectivity index (χ0v) is 11.3. The number of hydrogen-bond acceptors (Lipinski definition) is 2. The summed E-state index contributed by atoms with van der Waals surface area (Å²) in [5.74, 6) is -0.935. The number of carbonyl (C=O) groups excluding carboxylic acids is 1. The quantitative estimate of drug-likeness (QED) is 0.833. The summed E-state index contributed by atoms with van der Waals surface area (Å²) in [6, 6.07) is 4.58. The monoisotopic (exact) mass is 299 g/mol. The second-order valence-corrected chi connectivity index (χ2v) is 5.02. The van der Waals surface area contributed by atoms with Crippen LogP contribution in [0.25, 0.3) is 0 Å². The first-order valence-corrected chi connectivity index (χ1v) is 6.60. The van der Waals surface area contributed by atoms with Gasteiger partial charge in [0.25, 0.3) is 5.91 Å². The molecule has 0 atom stereocenters. The van der Waals surface area contributed by atoms with E-state index in [-0.39, 0.29) is 5.17 Å². The predicted octanol–water partition coefficient (Wildman–Crippen LogP) is 3.80. The first kappa shape index (κ1) is 14.6. The van der Waals surface area contributed by atoms with Gasteiger partial charge in [-0.25, -0.2) is 5.32 Å². The van der Waals surface area contributed by atoms with E-state index in [1.807, 2.05) is 6.92 Å². The minimum absolute atomic E-state index is 0.170. The number of aliphatic imine (C=N–C) groups is 1. The first-order chi connectivity index (χ1) is 9.41. The van der Waals surface area contributed by atoms with Gasteiger partial charge in [0.15, 0.2) is 5.17 Å². The summed E-state index contributed by atoms with van der Waals surface area (Å²) < 4.78 is 38.4. The van der Waals surface area contributed by atoms with Gasteiger partial charge < -0.3 is 0 Å². The fraction of sp³-hybridized carbons (Fsp3) is 0.231. The first-order valence-electron chi connectivity index (χ1n) is 5.79. The molecule has 20 heavy (non-hydrogen) atoms. The highest BCUT2D eigenvalue weighted by Crippen LogP contribution is 2.32. The molecule has 0 bridgehead atoms. The van der Waals surface area contributed by atoms with Gasteiger partial charge in [-0.1, -0.05) is 30.8 Å². The van der Waals surface area contributed by atoms with Gasteiger partial charge in [-0.05, 0) is 18.6 Å². The Morgan fingerprint density at radius 2 is 2.05 bits per heavy atom. The van der Waals surface area contributed by atoms with Crippen molar-refractivity contribution in [3.8, 4) is 0 Å². The second kappa shape index (κ2) is 5.70. The molecule has 7 heteroatoms. The lowest BCUT2D eigenvalue weighted by atomic mass is 10.1. The molecule has 1 amide bonds. The summed E-state index contributed by atoms with van der Waals surface area (Å²) in [5, 5.41) is 4.06. The number of allylic oxidation sites excluding steroid dienone is 1. The van der Waals surface area contributed by atoms with Gasteiger partial charge in [0, 0.05) is 11.1 Å². The smallest absolute Gasteiger partial charge is 0.267 e. The summed E-state index contributed by atoms with van der Waals surface area (Å²) >= 11 is 1.19. The van der Waals surface area contributed by atoms with Crippen molar-refractivity contribution in [3.05, 3.63) is 46.5 Å². The Labute approximate surface area is 118 Å². The van der Waals surface area contributed by atoms with E-state index in [1.165, 1.54) is 23.9 Å². The van der Waals surface area contributed by atoms with Gasteiger partial charge in [0.2, 0.25) is 0 Å². The average Bonchev–Trinajstić information content (AvgIpc) is 2.85. The highest BCUT2D eigenvalue weighted by atomic mass is 32.2. The number of alkyl halides is 3. The zero-order chi connectivity index (χ0) is 14.8. The number of nitrogens with zero attached hydrogens (tertiary/aromatic N) is 2. The summed E-state index contributed by atoms with van der Waals surface area (Å²) in [4.78, 5) is 16.4. The number of amides is 1. The average molecular weight is 299 g/mol. The molecule has 2 rings (SSSR count). The minimum atomic E-state index is -4.58. The summed E-state index contributed by atoms with van der Waals surface area (Å²) in [5.41, 5.74) is -1.45. The molecular weight excluding hydrogens is 289 g/mol. The summed E-state index contributed by atoms with van der Waals surface area (Å²) in [6.07, 6.45) is -2.29. The number of halogens is 3. The number of benzene rings is 1.